The first-order valence-corrected chi connectivity index (χ1v) is 7.90. The molecule has 1 heterocycles. The number of nitrogens with two attached hydrogens (primary N) is 1. The molecule has 0 aliphatic carbocycles. The second-order valence-corrected chi connectivity index (χ2v) is 6.39. The molecule has 3 unspecified atom stereocenters. The number of halogens is 1. The van der Waals surface area contributed by atoms with Crippen LogP contribution in [0.4, 0.5) is 4.79 Å². The minimum Gasteiger partial charge on any atom is -0.453 e. The molecule has 1 aliphatic heterocycles. The normalized spacial score (nSPS) is 21.8. The van der Waals surface area contributed by atoms with Crippen LogP contribution in [0.5, 0.6) is 0 Å². The van der Waals surface area contributed by atoms with Crippen molar-refractivity contribution < 1.29 is 9.53 Å². The Morgan fingerprint density at radius 2 is 2.14 bits per heavy atom. The highest BCUT2D eigenvalue weighted by Crippen LogP contribution is 2.28. The predicted molar refractivity (Wildman–Crippen MR) is 86.1 cm³/mol. The van der Waals surface area contributed by atoms with E-state index in [0.717, 1.165) is 24.0 Å². The number of rotatable bonds is 4. The van der Waals surface area contributed by atoms with Gasteiger partial charge in [0.2, 0.25) is 0 Å². The first kappa shape index (κ1) is 16.3. The quantitative estimate of drug-likeness (QED) is 0.869. The number of carbonyl (C=O) groups excluding carboxylic acids is 1. The molecular formula is C15H22BrN3O2. The number of likely N-dealkylation sites (tertiary alicyclic amines) is 1. The molecule has 5 nitrogen and oxygen atoms in total. The first-order chi connectivity index (χ1) is 10.0. The van der Waals surface area contributed by atoms with E-state index in [9.17, 15) is 4.79 Å². The molecule has 2 rings (SSSR count). The maximum absolute atomic E-state index is 11.3. The lowest BCUT2D eigenvalue weighted by Gasteiger charge is -2.31. The van der Waals surface area contributed by atoms with Crippen molar-refractivity contribution in [2.75, 3.05) is 20.2 Å². The molecule has 0 bridgehead atoms. The monoisotopic (exact) mass is 355 g/mol. The number of hydrogen-bond acceptors (Lipinski definition) is 4. The largest absolute Gasteiger partial charge is 0.453 e. The third-order valence-corrected chi connectivity index (χ3v) is 4.36. The van der Waals surface area contributed by atoms with Gasteiger partial charge >= 0.3 is 6.09 Å². The number of ether oxygens (including phenoxy) is 1. The van der Waals surface area contributed by atoms with Crippen LogP contribution in [-0.2, 0) is 4.74 Å². The average Bonchev–Trinajstić information content (AvgIpc) is 2.88. The van der Waals surface area contributed by atoms with E-state index in [-0.39, 0.29) is 24.2 Å². The Labute approximate surface area is 134 Å². The van der Waals surface area contributed by atoms with Crippen LogP contribution in [0, 0.1) is 0 Å². The van der Waals surface area contributed by atoms with Crippen LogP contribution >= 0.6 is 15.9 Å². The third kappa shape index (κ3) is 4.18. The van der Waals surface area contributed by atoms with E-state index in [1.54, 1.807) is 0 Å². The molecule has 1 amide bonds. The minimum absolute atomic E-state index is 0.0167. The summed E-state index contributed by atoms with van der Waals surface area (Å²) < 4.78 is 5.71. The second kappa shape index (κ2) is 7.24. The molecule has 0 radical (unpaired) electrons. The van der Waals surface area contributed by atoms with Crippen LogP contribution in [0.25, 0.3) is 0 Å². The molecule has 0 aromatic heterocycles. The highest BCUT2D eigenvalue weighted by molar-refractivity contribution is 9.10. The van der Waals surface area contributed by atoms with Crippen molar-refractivity contribution in [3.63, 3.8) is 0 Å². The molecule has 3 N–H and O–H groups in total. The number of hydrogen-bond donors (Lipinski definition) is 2. The lowest BCUT2D eigenvalue weighted by Crippen LogP contribution is -2.41. The molecular weight excluding hydrogens is 334 g/mol. The molecule has 116 valence electrons. The van der Waals surface area contributed by atoms with Crippen LogP contribution < -0.4 is 11.1 Å². The Bertz CT molecular complexity index is 478. The Hall–Kier alpha value is -1.11. The fourth-order valence-corrected chi connectivity index (χ4v) is 3.15. The molecule has 1 aliphatic rings. The minimum atomic E-state index is -0.372. The Kier molecular flexibility index (Phi) is 5.61. The molecule has 1 saturated heterocycles. The SMILES string of the molecule is COC(=O)NC1CCN(C(c2ccc(Br)cc2)C(C)N)C1. The van der Waals surface area contributed by atoms with Gasteiger partial charge in [0.25, 0.3) is 0 Å². The molecule has 21 heavy (non-hydrogen) atoms. The van der Waals surface area contributed by atoms with Gasteiger partial charge in [-0.3, -0.25) is 4.90 Å². The topological polar surface area (TPSA) is 67.6 Å². The van der Waals surface area contributed by atoms with Crippen molar-refractivity contribution in [2.24, 2.45) is 5.73 Å². The highest BCUT2D eigenvalue weighted by atomic mass is 79.9. The van der Waals surface area contributed by atoms with Gasteiger partial charge in [0.05, 0.1) is 7.11 Å². The third-order valence-electron chi connectivity index (χ3n) is 3.83. The maximum Gasteiger partial charge on any atom is 0.407 e. The number of nitrogens with one attached hydrogen (secondary N) is 1. The number of alkyl carbamates (subject to hydrolysis) is 1. The molecule has 1 aromatic carbocycles. The maximum atomic E-state index is 11.3. The zero-order valence-electron chi connectivity index (χ0n) is 12.4. The number of benzene rings is 1. The van der Waals surface area contributed by atoms with Gasteiger partial charge in [0.1, 0.15) is 0 Å². The molecule has 0 saturated carbocycles. The van der Waals surface area contributed by atoms with Crippen LogP contribution in [0.1, 0.15) is 24.9 Å². The van der Waals surface area contributed by atoms with E-state index in [4.69, 9.17) is 5.73 Å². The summed E-state index contributed by atoms with van der Waals surface area (Å²) in [7, 11) is 1.38. The molecule has 1 fully saturated rings. The van der Waals surface area contributed by atoms with Crippen LogP contribution in [0.2, 0.25) is 0 Å². The van der Waals surface area contributed by atoms with Gasteiger partial charge in [-0.2, -0.15) is 0 Å². The van der Waals surface area contributed by atoms with Gasteiger partial charge in [-0.05, 0) is 31.0 Å². The standard InChI is InChI=1S/C15H22BrN3O2/c1-10(17)14(11-3-5-12(16)6-4-11)19-8-7-13(9-19)18-15(20)21-2/h3-6,10,13-14H,7-9,17H2,1-2H3,(H,18,20). The Morgan fingerprint density at radius 3 is 2.71 bits per heavy atom. The number of amides is 1. The smallest absolute Gasteiger partial charge is 0.407 e. The van der Waals surface area contributed by atoms with E-state index in [1.165, 1.54) is 12.7 Å². The van der Waals surface area contributed by atoms with E-state index in [0.29, 0.717) is 0 Å². The van der Waals surface area contributed by atoms with Crippen molar-refractivity contribution in [3.05, 3.63) is 34.3 Å². The van der Waals surface area contributed by atoms with Gasteiger partial charge < -0.3 is 15.8 Å². The lowest BCUT2D eigenvalue weighted by molar-refractivity contribution is 0.164. The van der Waals surface area contributed by atoms with Gasteiger partial charge in [0.15, 0.2) is 0 Å². The van der Waals surface area contributed by atoms with Gasteiger partial charge in [-0.25, -0.2) is 4.79 Å². The fraction of sp³-hybridized carbons (Fsp3) is 0.533. The van der Waals surface area contributed by atoms with Crippen molar-refractivity contribution in [1.29, 1.82) is 0 Å². The van der Waals surface area contributed by atoms with Crippen LogP contribution in [0.15, 0.2) is 28.7 Å². The van der Waals surface area contributed by atoms with Crippen molar-refractivity contribution in [3.8, 4) is 0 Å². The molecule has 0 spiro atoms. The van der Waals surface area contributed by atoms with E-state index in [2.05, 4.69) is 43.0 Å². The van der Waals surface area contributed by atoms with E-state index >= 15 is 0 Å². The molecule has 6 heteroatoms. The van der Waals surface area contributed by atoms with Crippen molar-refractivity contribution in [1.82, 2.24) is 10.2 Å². The Morgan fingerprint density at radius 1 is 1.48 bits per heavy atom. The first-order valence-electron chi connectivity index (χ1n) is 7.11. The summed E-state index contributed by atoms with van der Waals surface area (Å²) in [6, 6.07) is 8.55. The van der Waals surface area contributed by atoms with Gasteiger partial charge in [-0.15, -0.1) is 0 Å². The zero-order chi connectivity index (χ0) is 15.4. The second-order valence-electron chi connectivity index (χ2n) is 5.47. The summed E-state index contributed by atoms with van der Waals surface area (Å²) >= 11 is 3.45. The summed E-state index contributed by atoms with van der Waals surface area (Å²) in [4.78, 5) is 13.6. The van der Waals surface area contributed by atoms with Gasteiger partial charge in [-0.1, -0.05) is 28.1 Å². The van der Waals surface area contributed by atoms with Gasteiger partial charge in [0, 0.05) is 35.7 Å². The lowest BCUT2D eigenvalue weighted by atomic mass is 10.00. The van der Waals surface area contributed by atoms with E-state index in [1.807, 2.05) is 19.1 Å². The highest BCUT2D eigenvalue weighted by Gasteiger charge is 2.31. The molecule has 3 atom stereocenters. The summed E-state index contributed by atoms with van der Waals surface area (Å²) in [5, 5.41) is 2.86. The number of nitrogens with zero attached hydrogens (tertiary/aromatic N) is 1. The summed E-state index contributed by atoms with van der Waals surface area (Å²) in [5.74, 6) is 0. The predicted octanol–water partition coefficient (Wildman–Crippen LogP) is 2.27. The van der Waals surface area contributed by atoms with Crippen LogP contribution in [-0.4, -0.2) is 43.3 Å². The van der Waals surface area contributed by atoms with Crippen molar-refractivity contribution in [2.45, 2.75) is 31.5 Å². The summed E-state index contributed by atoms with van der Waals surface area (Å²) in [6.07, 6.45) is 0.539. The Balaban J connectivity index is 2.06. The number of methoxy groups -OCH3 is 1. The van der Waals surface area contributed by atoms with Crippen LogP contribution in [0.3, 0.4) is 0 Å². The van der Waals surface area contributed by atoms with E-state index < -0.39 is 0 Å². The molecule has 1 aromatic rings. The number of carbonyl (C=O) groups is 1. The average molecular weight is 356 g/mol. The summed E-state index contributed by atoms with van der Waals surface area (Å²) in [5.41, 5.74) is 7.39. The summed E-state index contributed by atoms with van der Waals surface area (Å²) in [6.45, 7) is 3.72. The van der Waals surface area contributed by atoms with Crippen molar-refractivity contribution >= 4 is 22.0 Å². The fourth-order valence-electron chi connectivity index (χ4n) is 2.89. The zero-order valence-corrected chi connectivity index (χ0v) is 14.0.